The number of hydrogen-bond donors (Lipinski definition) is 1. The minimum Gasteiger partial charge on any atom is -0.315 e. The van der Waals surface area contributed by atoms with Crippen LogP contribution in [0.4, 0.5) is 0 Å². The zero-order valence-electron chi connectivity index (χ0n) is 10.9. The Balaban J connectivity index is 2.14. The number of aromatic nitrogens is 2. The van der Waals surface area contributed by atoms with Gasteiger partial charge in [-0.15, -0.1) is 0 Å². The van der Waals surface area contributed by atoms with E-state index in [1.54, 1.807) is 4.57 Å². The standard InChI is InChI=1S/C16H14N2O2/c19-15-16(20)18(9-10-5-6-10)13-8-7-11-3-1-2-4-12(11)14(13)17-15/h1-4,7-8,10H,5-6,9H2,(H,17,19). The topological polar surface area (TPSA) is 54.9 Å². The molecule has 4 heteroatoms. The molecule has 1 heterocycles. The Morgan fingerprint density at radius 2 is 1.90 bits per heavy atom. The van der Waals surface area contributed by atoms with Gasteiger partial charge in [-0.1, -0.05) is 30.3 Å². The molecule has 100 valence electrons. The van der Waals surface area contributed by atoms with Gasteiger partial charge in [-0.05, 0) is 30.2 Å². The maximum atomic E-state index is 12.1. The molecule has 0 aliphatic heterocycles. The molecule has 1 saturated carbocycles. The van der Waals surface area contributed by atoms with E-state index >= 15 is 0 Å². The molecule has 1 aliphatic rings. The Labute approximate surface area is 114 Å². The van der Waals surface area contributed by atoms with Crippen LogP contribution in [0.15, 0.2) is 46.0 Å². The van der Waals surface area contributed by atoms with Crippen LogP contribution in [0.25, 0.3) is 21.8 Å². The molecule has 4 nitrogen and oxygen atoms in total. The molecule has 1 N–H and O–H groups in total. The van der Waals surface area contributed by atoms with E-state index in [1.807, 2.05) is 36.4 Å². The zero-order chi connectivity index (χ0) is 13.7. The number of nitrogens with zero attached hydrogens (tertiary/aromatic N) is 1. The second-order valence-electron chi connectivity index (χ2n) is 5.49. The van der Waals surface area contributed by atoms with Crippen molar-refractivity contribution in [2.45, 2.75) is 19.4 Å². The van der Waals surface area contributed by atoms with Crippen molar-refractivity contribution in [2.75, 3.05) is 0 Å². The Kier molecular flexibility index (Phi) is 2.33. The van der Waals surface area contributed by atoms with Crippen LogP contribution in [0.1, 0.15) is 12.8 Å². The van der Waals surface area contributed by atoms with Gasteiger partial charge in [0.05, 0.1) is 11.0 Å². The Morgan fingerprint density at radius 3 is 2.70 bits per heavy atom. The lowest BCUT2D eigenvalue weighted by atomic mass is 10.1. The number of H-pyrrole nitrogens is 1. The second-order valence-corrected chi connectivity index (χ2v) is 5.49. The van der Waals surface area contributed by atoms with E-state index < -0.39 is 11.1 Å². The van der Waals surface area contributed by atoms with Gasteiger partial charge in [-0.25, -0.2) is 0 Å². The summed E-state index contributed by atoms with van der Waals surface area (Å²) in [6, 6.07) is 11.8. The first-order valence-electron chi connectivity index (χ1n) is 6.88. The van der Waals surface area contributed by atoms with E-state index in [9.17, 15) is 9.59 Å². The third-order valence-electron chi connectivity index (χ3n) is 4.01. The first kappa shape index (κ1) is 11.5. The van der Waals surface area contributed by atoms with Crippen LogP contribution >= 0.6 is 0 Å². The average Bonchev–Trinajstić information content (AvgIpc) is 3.28. The minimum atomic E-state index is -0.533. The summed E-state index contributed by atoms with van der Waals surface area (Å²) in [7, 11) is 0. The lowest BCUT2D eigenvalue weighted by Crippen LogP contribution is -2.36. The van der Waals surface area contributed by atoms with E-state index in [0.717, 1.165) is 34.6 Å². The van der Waals surface area contributed by atoms with E-state index in [1.165, 1.54) is 0 Å². The molecule has 0 saturated heterocycles. The van der Waals surface area contributed by atoms with Crippen LogP contribution in [0.3, 0.4) is 0 Å². The maximum absolute atomic E-state index is 12.1. The Hall–Kier alpha value is -2.36. The van der Waals surface area contributed by atoms with Crippen molar-refractivity contribution in [2.24, 2.45) is 5.92 Å². The molecule has 2 aromatic carbocycles. The monoisotopic (exact) mass is 266 g/mol. The molecule has 0 amide bonds. The molecule has 1 aliphatic carbocycles. The molecule has 4 rings (SSSR count). The predicted molar refractivity (Wildman–Crippen MR) is 79.1 cm³/mol. The van der Waals surface area contributed by atoms with Crippen LogP contribution in [0, 0.1) is 5.92 Å². The van der Waals surface area contributed by atoms with Crippen LogP contribution in [0.5, 0.6) is 0 Å². The Morgan fingerprint density at radius 1 is 1.10 bits per heavy atom. The van der Waals surface area contributed by atoms with Gasteiger partial charge in [-0.2, -0.15) is 0 Å². The number of aromatic amines is 1. The smallest absolute Gasteiger partial charge is 0.315 e. The molecule has 0 spiro atoms. The number of rotatable bonds is 2. The van der Waals surface area contributed by atoms with Crippen molar-refractivity contribution in [1.82, 2.24) is 9.55 Å². The summed E-state index contributed by atoms with van der Waals surface area (Å²) in [4.78, 5) is 26.8. The first-order chi connectivity index (χ1) is 9.74. The second kappa shape index (κ2) is 4.07. The average molecular weight is 266 g/mol. The minimum absolute atomic E-state index is 0.445. The van der Waals surface area contributed by atoms with Crippen LogP contribution in [-0.4, -0.2) is 9.55 Å². The van der Waals surface area contributed by atoms with Crippen LogP contribution < -0.4 is 11.1 Å². The van der Waals surface area contributed by atoms with Crippen molar-refractivity contribution in [3.05, 3.63) is 57.1 Å². The van der Waals surface area contributed by atoms with Crippen molar-refractivity contribution < 1.29 is 0 Å². The molecule has 1 fully saturated rings. The van der Waals surface area contributed by atoms with Gasteiger partial charge in [0, 0.05) is 11.9 Å². The fraction of sp³-hybridized carbons (Fsp3) is 0.250. The zero-order valence-corrected chi connectivity index (χ0v) is 10.9. The van der Waals surface area contributed by atoms with E-state index in [0.29, 0.717) is 12.5 Å². The fourth-order valence-electron chi connectivity index (χ4n) is 2.76. The highest BCUT2D eigenvalue weighted by atomic mass is 16.2. The summed E-state index contributed by atoms with van der Waals surface area (Å²) in [5.41, 5.74) is 0.600. The SMILES string of the molecule is O=c1[nH]c2c3ccccc3ccc2n(CC2CC2)c1=O. The van der Waals surface area contributed by atoms with Crippen molar-refractivity contribution >= 4 is 21.8 Å². The van der Waals surface area contributed by atoms with Gasteiger partial charge in [0.2, 0.25) is 0 Å². The quantitative estimate of drug-likeness (QED) is 0.571. The Bertz CT molecular complexity index is 932. The molecule has 0 atom stereocenters. The van der Waals surface area contributed by atoms with Gasteiger partial charge < -0.3 is 9.55 Å². The summed E-state index contributed by atoms with van der Waals surface area (Å²) in [6.07, 6.45) is 2.29. The van der Waals surface area contributed by atoms with E-state index in [-0.39, 0.29) is 0 Å². The summed E-state index contributed by atoms with van der Waals surface area (Å²) < 4.78 is 1.64. The summed E-state index contributed by atoms with van der Waals surface area (Å²) in [5, 5.41) is 2.04. The summed E-state index contributed by atoms with van der Waals surface area (Å²) in [5.74, 6) is 0.546. The third-order valence-corrected chi connectivity index (χ3v) is 4.01. The molecule has 0 radical (unpaired) electrons. The molecule has 0 unspecified atom stereocenters. The van der Waals surface area contributed by atoms with E-state index in [2.05, 4.69) is 4.98 Å². The molecular weight excluding hydrogens is 252 g/mol. The molecule has 0 bridgehead atoms. The highest BCUT2D eigenvalue weighted by Gasteiger charge is 2.23. The van der Waals surface area contributed by atoms with Crippen LogP contribution in [-0.2, 0) is 6.54 Å². The van der Waals surface area contributed by atoms with Crippen molar-refractivity contribution in [3.63, 3.8) is 0 Å². The summed E-state index contributed by atoms with van der Waals surface area (Å²) in [6.45, 7) is 0.650. The highest BCUT2D eigenvalue weighted by Crippen LogP contribution is 2.31. The van der Waals surface area contributed by atoms with Crippen molar-refractivity contribution in [3.8, 4) is 0 Å². The first-order valence-corrected chi connectivity index (χ1v) is 6.88. The van der Waals surface area contributed by atoms with Crippen LogP contribution in [0.2, 0.25) is 0 Å². The van der Waals surface area contributed by atoms with Gasteiger partial charge >= 0.3 is 11.1 Å². The maximum Gasteiger partial charge on any atom is 0.316 e. The summed E-state index contributed by atoms with van der Waals surface area (Å²) >= 11 is 0. The number of fused-ring (bicyclic) bond motifs is 3. The number of hydrogen-bond acceptors (Lipinski definition) is 2. The number of nitrogens with one attached hydrogen (secondary N) is 1. The fourth-order valence-corrected chi connectivity index (χ4v) is 2.76. The largest absolute Gasteiger partial charge is 0.316 e. The number of benzene rings is 2. The van der Waals surface area contributed by atoms with E-state index in [4.69, 9.17) is 0 Å². The normalized spacial score (nSPS) is 15.0. The lowest BCUT2D eigenvalue weighted by molar-refractivity contribution is 0.620. The van der Waals surface area contributed by atoms with Gasteiger partial charge in [0.1, 0.15) is 0 Å². The van der Waals surface area contributed by atoms with Gasteiger partial charge in [0.15, 0.2) is 0 Å². The molecule has 20 heavy (non-hydrogen) atoms. The van der Waals surface area contributed by atoms with Crippen molar-refractivity contribution in [1.29, 1.82) is 0 Å². The van der Waals surface area contributed by atoms with Gasteiger partial charge in [0.25, 0.3) is 0 Å². The molecular formula is C16H14N2O2. The highest BCUT2D eigenvalue weighted by molar-refractivity contribution is 6.03. The molecule has 1 aromatic heterocycles. The van der Waals surface area contributed by atoms with Gasteiger partial charge in [-0.3, -0.25) is 9.59 Å². The third kappa shape index (κ3) is 1.68. The predicted octanol–water partition coefficient (Wildman–Crippen LogP) is 2.25. The lowest BCUT2D eigenvalue weighted by Gasteiger charge is -2.10. The molecule has 3 aromatic rings.